The maximum Gasteiger partial charge on any atom is 0.0615 e. The van der Waals surface area contributed by atoms with E-state index in [2.05, 4.69) is 33.8 Å². The molecule has 16 heavy (non-hydrogen) atoms. The summed E-state index contributed by atoms with van der Waals surface area (Å²) in [6, 6.07) is 4.13. The molecule has 2 heteroatoms. The SMILES string of the molecule is Cc1cc(C(Cl)C(C)C(C)C)c(C)cc1Cl. The Morgan fingerprint density at radius 2 is 1.56 bits per heavy atom. The highest BCUT2D eigenvalue weighted by Crippen LogP contribution is 2.36. The van der Waals surface area contributed by atoms with E-state index in [1.165, 1.54) is 11.1 Å². The molecule has 90 valence electrons. The van der Waals surface area contributed by atoms with Crippen LogP contribution in [0.15, 0.2) is 12.1 Å². The summed E-state index contributed by atoms with van der Waals surface area (Å²) in [5.41, 5.74) is 3.50. The van der Waals surface area contributed by atoms with Crippen LogP contribution in [0.25, 0.3) is 0 Å². The summed E-state index contributed by atoms with van der Waals surface area (Å²) in [6.45, 7) is 10.7. The molecular weight excluding hydrogens is 239 g/mol. The van der Waals surface area contributed by atoms with Gasteiger partial charge >= 0.3 is 0 Å². The van der Waals surface area contributed by atoms with E-state index in [4.69, 9.17) is 23.2 Å². The molecular formula is C14H20Cl2. The van der Waals surface area contributed by atoms with Crippen molar-refractivity contribution in [2.75, 3.05) is 0 Å². The van der Waals surface area contributed by atoms with Crippen LogP contribution in [0.1, 0.15) is 42.8 Å². The Labute approximate surface area is 109 Å². The van der Waals surface area contributed by atoms with Gasteiger partial charge in [0.2, 0.25) is 0 Å². The Kier molecular flexibility index (Phi) is 4.70. The van der Waals surface area contributed by atoms with Gasteiger partial charge in [-0.3, -0.25) is 0 Å². The van der Waals surface area contributed by atoms with Crippen molar-refractivity contribution in [3.05, 3.63) is 33.8 Å². The minimum Gasteiger partial charge on any atom is -0.118 e. The molecule has 0 saturated carbocycles. The summed E-state index contributed by atoms with van der Waals surface area (Å²) in [4.78, 5) is 0. The Balaban J connectivity index is 3.08. The van der Waals surface area contributed by atoms with Gasteiger partial charge in [-0.2, -0.15) is 0 Å². The Morgan fingerprint density at radius 1 is 1.00 bits per heavy atom. The fourth-order valence-electron chi connectivity index (χ4n) is 1.72. The van der Waals surface area contributed by atoms with Gasteiger partial charge in [0.1, 0.15) is 0 Å². The first-order valence-corrected chi connectivity index (χ1v) is 6.56. The van der Waals surface area contributed by atoms with Gasteiger partial charge in [0.05, 0.1) is 5.38 Å². The maximum absolute atomic E-state index is 6.54. The summed E-state index contributed by atoms with van der Waals surface area (Å²) in [6.07, 6.45) is 0. The van der Waals surface area contributed by atoms with Crippen LogP contribution in [0.4, 0.5) is 0 Å². The second kappa shape index (κ2) is 5.42. The number of rotatable bonds is 3. The average Bonchev–Trinajstić information content (AvgIpc) is 2.21. The lowest BCUT2D eigenvalue weighted by atomic mass is 9.88. The highest BCUT2D eigenvalue weighted by Gasteiger charge is 2.21. The predicted octanol–water partition coefficient (Wildman–Crippen LogP) is 5.53. The molecule has 1 rings (SSSR count). The first-order chi connectivity index (χ1) is 7.34. The fourth-order valence-corrected chi connectivity index (χ4v) is 2.47. The van der Waals surface area contributed by atoms with Crippen LogP contribution in [0, 0.1) is 25.7 Å². The first-order valence-electron chi connectivity index (χ1n) is 5.75. The Bertz CT molecular complexity index is 369. The lowest BCUT2D eigenvalue weighted by Crippen LogP contribution is -2.12. The van der Waals surface area contributed by atoms with E-state index in [1.54, 1.807) is 0 Å². The zero-order chi connectivity index (χ0) is 12.5. The van der Waals surface area contributed by atoms with Crippen LogP contribution in [0.5, 0.6) is 0 Å². The Hall–Kier alpha value is -0.200. The monoisotopic (exact) mass is 258 g/mol. The minimum atomic E-state index is 0.0657. The van der Waals surface area contributed by atoms with Crippen molar-refractivity contribution >= 4 is 23.2 Å². The molecule has 0 aliphatic heterocycles. The fraction of sp³-hybridized carbons (Fsp3) is 0.571. The molecule has 0 radical (unpaired) electrons. The van der Waals surface area contributed by atoms with E-state index >= 15 is 0 Å². The van der Waals surface area contributed by atoms with E-state index in [1.807, 2.05) is 13.0 Å². The summed E-state index contributed by atoms with van der Waals surface area (Å²) in [5.74, 6) is 1.04. The molecule has 0 N–H and O–H groups in total. The quantitative estimate of drug-likeness (QED) is 0.626. The summed E-state index contributed by atoms with van der Waals surface area (Å²) in [5, 5.41) is 0.887. The molecule has 0 aliphatic carbocycles. The number of hydrogen-bond donors (Lipinski definition) is 0. The second-order valence-corrected chi connectivity index (χ2v) is 5.84. The van der Waals surface area contributed by atoms with Crippen molar-refractivity contribution in [3.63, 3.8) is 0 Å². The zero-order valence-electron chi connectivity index (χ0n) is 10.6. The third-order valence-corrected chi connectivity index (χ3v) is 4.40. The molecule has 2 unspecified atom stereocenters. The molecule has 0 amide bonds. The van der Waals surface area contributed by atoms with Crippen LogP contribution < -0.4 is 0 Å². The average molecular weight is 259 g/mol. The van der Waals surface area contributed by atoms with E-state index in [0.717, 1.165) is 10.6 Å². The smallest absolute Gasteiger partial charge is 0.0615 e. The molecule has 0 spiro atoms. The molecule has 0 saturated heterocycles. The van der Waals surface area contributed by atoms with Crippen LogP contribution >= 0.6 is 23.2 Å². The van der Waals surface area contributed by atoms with Crippen LogP contribution in [0.3, 0.4) is 0 Å². The van der Waals surface area contributed by atoms with Gasteiger partial charge in [-0.1, -0.05) is 38.4 Å². The van der Waals surface area contributed by atoms with Crippen LogP contribution in [-0.4, -0.2) is 0 Å². The van der Waals surface area contributed by atoms with Gasteiger partial charge in [-0.25, -0.2) is 0 Å². The van der Waals surface area contributed by atoms with Gasteiger partial charge < -0.3 is 0 Å². The van der Waals surface area contributed by atoms with Gasteiger partial charge in [-0.05, 0) is 48.4 Å². The topological polar surface area (TPSA) is 0 Å². The molecule has 0 fully saturated rings. The first kappa shape index (κ1) is 13.9. The normalized spacial score (nSPS) is 15.2. The lowest BCUT2D eigenvalue weighted by Gasteiger charge is -2.24. The van der Waals surface area contributed by atoms with Crippen molar-refractivity contribution in [2.24, 2.45) is 11.8 Å². The molecule has 0 heterocycles. The van der Waals surface area contributed by atoms with Gasteiger partial charge in [0.25, 0.3) is 0 Å². The van der Waals surface area contributed by atoms with Gasteiger partial charge in [-0.15, -0.1) is 11.6 Å². The highest BCUT2D eigenvalue weighted by atomic mass is 35.5. The van der Waals surface area contributed by atoms with Crippen molar-refractivity contribution in [1.29, 1.82) is 0 Å². The van der Waals surface area contributed by atoms with E-state index in [9.17, 15) is 0 Å². The summed E-state index contributed by atoms with van der Waals surface area (Å²) in [7, 11) is 0. The van der Waals surface area contributed by atoms with Gasteiger partial charge in [0, 0.05) is 5.02 Å². The largest absolute Gasteiger partial charge is 0.118 e. The van der Waals surface area contributed by atoms with Crippen molar-refractivity contribution in [3.8, 4) is 0 Å². The number of hydrogen-bond acceptors (Lipinski definition) is 0. The molecule has 2 atom stereocenters. The van der Waals surface area contributed by atoms with Crippen LogP contribution in [-0.2, 0) is 0 Å². The molecule has 1 aromatic carbocycles. The third kappa shape index (κ3) is 2.93. The number of aryl methyl sites for hydroxylation is 2. The predicted molar refractivity (Wildman–Crippen MR) is 73.5 cm³/mol. The minimum absolute atomic E-state index is 0.0657. The number of halogens is 2. The standard InChI is InChI=1S/C14H20Cl2/c1-8(2)11(5)14(16)12-6-10(4)13(15)7-9(12)3/h6-8,11,14H,1-5H3. The summed E-state index contributed by atoms with van der Waals surface area (Å²) >= 11 is 12.6. The number of benzene rings is 1. The van der Waals surface area contributed by atoms with Crippen LogP contribution in [0.2, 0.25) is 5.02 Å². The molecule has 0 nitrogen and oxygen atoms in total. The highest BCUT2D eigenvalue weighted by molar-refractivity contribution is 6.31. The van der Waals surface area contributed by atoms with Crippen molar-refractivity contribution in [1.82, 2.24) is 0 Å². The maximum atomic E-state index is 6.54. The molecule has 0 aliphatic rings. The van der Waals surface area contributed by atoms with E-state index < -0.39 is 0 Å². The number of alkyl halides is 1. The third-order valence-electron chi connectivity index (χ3n) is 3.36. The van der Waals surface area contributed by atoms with Crippen molar-refractivity contribution < 1.29 is 0 Å². The molecule has 0 bridgehead atoms. The molecule has 0 aromatic heterocycles. The Morgan fingerprint density at radius 3 is 2.06 bits per heavy atom. The van der Waals surface area contributed by atoms with Gasteiger partial charge in [0.15, 0.2) is 0 Å². The van der Waals surface area contributed by atoms with E-state index in [-0.39, 0.29) is 5.38 Å². The molecule has 1 aromatic rings. The van der Waals surface area contributed by atoms with E-state index in [0.29, 0.717) is 11.8 Å². The van der Waals surface area contributed by atoms with Crippen molar-refractivity contribution in [2.45, 2.75) is 40.0 Å². The zero-order valence-corrected chi connectivity index (χ0v) is 12.2. The second-order valence-electron chi connectivity index (χ2n) is 4.96. The summed E-state index contributed by atoms with van der Waals surface area (Å²) < 4.78 is 0. The lowest BCUT2D eigenvalue weighted by molar-refractivity contribution is 0.405.